The Hall–Kier alpha value is -4.43. The van der Waals surface area contributed by atoms with Crippen LogP contribution in [-0.4, -0.2) is 30.4 Å². The monoisotopic (exact) mass is 554 g/mol. The number of rotatable bonds is 9. The predicted octanol–water partition coefficient (Wildman–Crippen LogP) is 4.73. The van der Waals surface area contributed by atoms with E-state index >= 15 is 0 Å². The average Bonchev–Trinajstić information content (AvgIpc) is 3.28. The summed E-state index contributed by atoms with van der Waals surface area (Å²) in [7, 11) is 0. The number of carbonyl (C=O) groups is 1. The Labute approximate surface area is 236 Å². The summed E-state index contributed by atoms with van der Waals surface area (Å²) in [6.45, 7) is 6.89. The van der Waals surface area contributed by atoms with Crippen LogP contribution in [0.25, 0.3) is 11.8 Å². The third kappa shape index (κ3) is 5.49. The van der Waals surface area contributed by atoms with Gasteiger partial charge in [0.25, 0.3) is 5.56 Å². The van der Waals surface area contributed by atoms with E-state index in [0.29, 0.717) is 39.6 Å². The molecule has 1 aliphatic rings. The van der Waals surface area contributed by atoms with Crippen LogP contribution < -0.4 is 24.4 Å². The fourth-order valence-corrected chi connectivity index (χ4v) is 5.68. The molecule has 8 heteroatoms. The molecule has 204 valence electrons. The van der Waals surface area contributed by atoms with Crippen LogP contribution in [0.4, 0.5) is 0 Å². The maximum atomic E-state index is 14.0. The first-order valence-electron chi connectivity index (χ1n) is 13.3. The van der Waals surface area contributed by atoms with Crippen LogP contribution in [0.5, 0.6) is 11.5 Å². The van der Waals surface area contributed by atoms with Crippen LogP contribution >= 0.6 is 11.3 Å². The summed E-state index contributed by atoms with van der Waals surface area (Å²) in [5.74, 6) is 0.924. The number of fused-ring (bicyclic) bond motifs is 1. The Morgan fingerprint density at radius 1 is 0.900 bits per heavy atom. The number of hydrogen-bond donors (Lipinski definition) is 0. The van der Waals surface area contributed by atoms with Gasteiger partial charge in [0, 0.05) is 5.56 Å². The molecule has 1 aliphatic heterocycles. The maximum Gasteiger partial charge on any atom is 0.338 e. The smallest absolute Gasteiger partial charge is 0.338 e. The quantitative estimate of drug-likeness (QED) is 0.280. The fourth-order valence-electron chi connectivity index (χ4n) is 4.68. The Kier molecular flexibility index (Phi) is 8.26. The molecule has 0 saturated carbocycles. The highest BCUT2D eigenvalue weighted by molar-refractivity contribution is 7.07. The van der Waals surface area contributed by atoms with E-state index in [2.05, 4.69) is 0 Å². The number of thiazole rings is 1. The topological polar surface area (TPSA) is 79.1 Å². The molecule has 3 aromatic carbocycles. The van der Waals surface area contributed by atoms with E-state index in [1.54, 1.807) is 11.5 Å². The third-order valence-electron chi connectivity index (χ3n) is 6.35. The van der Waals surface area contributed by atoms with Crippen molar-refractivity contribution in [2.75, 3.05) is 19.8 Å². The molecular formula is C32H30N2O5S. The summed E-state index contributed by atoms with van der Waals surface area (Å²) in [4.78, 5) is 32.9. The molecule has 1 aromatic heterocycles. The van der Waals surface area contributed by atoms with Crippen molar-refractivity contribution in [1.82, 2.24) is 4.57 Å². The number of hydrogen-bond acceptors (Lipinski definition) is 7. The first-order chi connectivity index (χ1) is 19.5. The van der Waals surface area contributed by atoms with Crippen molar-refractivity contribution in [3.05, 3.63) is 121 Å². The maximum absolute atomic E-state index is 14.0. The third-order valence-corrected chi connectivity index (χ3v) is 7.33. The van der Waals surface area contributed by atoms with Gasteiger partial charge in [-0.15, -0.1) is 0 Å². The summed E-state index contributed by atoms with van der Waals surface area (Å²) in [5.41, 5.74) is 2.92. The van der Waals surface area contributed by atoms with E-state index in [4.69, 9.17) is 19.2 Å². The van der Waals surface area contributed by atoms with Gasteiger partial charge in [-0.1, -0.05) is 65.9 Å². The van der Waals surface area contributed by atoms with Crippen LogP contribution in [0, 0.1) is 0 Å². The highest BCUT2D eigenvalue weighted by atomic mass is 32.1. The molecule has 5 rings (SSSR count). The Bertz CT molecular complexity index is 1720. The van der Waals surface area contributed by atoms with Crippen molar-refractivity contribution < 1.29 is 19.0 Å². The average molecular weight is 555 g/mol. The molecule has 0 aliphatic carbocycles. The van der Waals surface area contributed by atoms with Gasteiger partial charge in [0.1, 0.15) is 11.5 Å². The van der Waals surface area contributed by atoms with E-state index in [9.17, 15) is 9.59 Å². The number of benzene rings is 3. The highest BCUT2D eigenvalue weighted by Gasteiger charge is 2.35. The molecule has 7 nitrogen and oxygen atoms in total. The fraction of sp³-hybridized carbons (Fsp3) is 0.219. The number of nitrogens with zero attached hydrogens (tertiary/aromatic N) is 2. The molecule has 0 unspecified atom stereocenters. The Morgan fingerprint density at radius 3 is 2.33 bits per heavy atom. The molecule has 0 fully saturated rings. The molecular weight excluding hydrogens is 524 g/mol. The highest BCUT2D eigenvalue weighted by Crippen LogP contribution is 2.35. The predicted molar refractivity (Wildman–Crippen MR) is 156 cm³/mol. The molecule has 4 aromatic rings. The van der Waals surface area contributed by atoms with Gasteiger partial charge in [-0.05, 0) is 62.2 Å². The molecule has 0 bridgehead atoms. The van der Waals surface area contributed by atoms with Gasteiger partial charge in [-0.3, -0.25) is 9.36 Å². The van der Waals surface area contributed by atoms with Crippen molar-refractivity contribution in [2.24, 2.45) is 4.99 Å². The van der Waals surface area contributed by atoms with Gasteiger partial charge in [0.2, 0.25) is 0 Å². The lowest BCUT2D eigenvalue weighted by Crippen LogP contribution is -2.40. The van der Waals surface area contributed by atoms with E-state index < -0.39 is 12.0 Å². The first-order valence-corrected chi connectivity index (χ1v) is 14.1. The number of ether oxygens (including phenoxy) is 3. The molecule has 2 heterocycles. The van der Waals surface area contributed by atoms with Crippen LogP contribution in [0.2, 0.25) is 0 Å². The second kappa shape index (κ2) is 12.2. The second-order valence-electron chi connectivity index (χ2n) is 8.94. The molecule has 0 amide bonds. The van der Waals surface area contributed by atoms with Crippen molar-refractivity contribution in [2.45, 2.75) is 26.8 Å². The molecule has 0 radical (unpaired) electrons. The first kappa shape index (κ1) is 27.1. The van der Waals surface area contributed by atoms with Gasteiger partial charge in [-0.2, -0.15) is 0 Å². The summed E-state index contributed by atoms with van der Waals surface area (Å²) in [6.07, 6.45) is 1.83. The molecule has 0 spiro atoms. The zero-order valence-electron chi connectivity index (χ0n) is 22.6. The van der Waals surface area contributed by atoms with Gasteiger partial charge < -0.3 is 14.2 Å². The van der Waals surface area contributed by atoms with Crippen molar-refractivity contribution >= 4 is 29.1 Å². The van der Waals surface area contributed by atoms with Gasteiger partial charge >= 0.3 is 5.97 Å². The molecule has 40 heavy (non-hydrogen) atoms. The van der Waals surface area contributed by atoms with E-state index in [1.807, 2.05) is 98.8 Å². The van der Waals surface area contributed by atoms with Crippen LogP contribution in [-0.2, 0) is 9.53 Å². The zero-order valence-corrected chi connectivity index (χ0v) is 23.4. The van der Waals surface area contributed by atoms with E-state index in [0.717, 1.165) is 22.4 Å². The van der Waals surface area contributed by atoms with Crippen LogP contribution in [0.15, 0.2) is 94.2 Å². The van der Waals surface area contributed by atoms with Gasteiger partial charge in [-0.25, -0.2) is 9.79 Å². The SMILES string of the molecule is CCOC(=O)C1=C(c2ccccc2)N=c2s/c(=C\c3cccc(OCC)c3)c(=O)n2[C@@H]1c1ccc(OCC)cc1. The van der Waals surface area contributed by atoms with Crippen LogP contribution in [0.3, 0.4) is 0 Å². The summed E-state index contributed by atoms with van der Waals surface area (Å²) >= 11 is 1.29. The minimum Gasteiger partial charge on any atom is -0.494 e. The lowest BCUT2D eigenvalue weighted by molar-refractivity contribution is -0.138. The Morgan fingerprint density at radius 2 is 1.62 bits per heavy atom. The number of carbonyl (C=O) groups excluding carboxylic acids is 1. The number of aromatic nitrogens is 1. The van der Waals surface area contributed by atoms with Gasteiger partial charge in [0.05, 0.1) is 41.7 Å². The minimum atomic E-state index is -0.738. The normalized spacial score (nSPS) is 14.9. The largest absolute Gasteiger partial charge is 0.494 e. The Balaban J connectivity index is 1.77. The molecule has 0 saturated heterocycles. The summed E-state index contributed by atoms with van der Waals surface area (Å²) < 4.78 is 18.9. The number of esters is 1. The van der Waals surface area contributed by atoms with Crippen molar-refractivity contribution in [3.8, 4) is 11.5 Å². The lowest BCUT2D eigenvalue weighted by atomic mass is 9.93. The zero-order chi connectivity index (χ0) is 28.1. The minimum absolute atomic E-state index is 0.195. The molecule has 1 atom stereocenters. The van der Waals surface area contributed by atoms with Crippen molar-refractivity contribution in [3.63, 3.8) is 0 Å². The van der Waals surface area contributed by atoms with Gasteiger partial charge in [0.15, 0.2) is 4.80 Å². The van der Waals surface area contributed by atoms with Crippen molar-refractivity contribution in [1.29, 1.82) is 0 Å². The summed E-state index contributed by atoms with van der Waals surface area (Å²) in [6, 6.07) is 23.8. The lowest BCUT2D eigenvalue weighted by Gasteiger charge is -2.26. The second-order valence-corrected chi connectivity index (χ2v) is 9.95. The standard InChI is InChI=1S/C32H30N2O5S/c1-4-37-24-17-15-23(16-18-24)29-27(31(36)39-6-3)28(22-12-8-7-9-13-22)33-32-34(29)30(35)26(40-32)20-21-11-10-14-25(19-21)38-5-2/h7-20,29H,4-6H2,1-3H3/b26-20-/t29-/m1/s1. The van der Waals surface area contributed by atoms with E-state index in [-0.39, 0.29) is 12.2 Å². The van der Waals surface area contributed by atoms with Crippen LogP contribution in [0.1, 0.15) is 43.5 Å². The van der Waals surface area contributed by atoms with E-state index in [1.165, 1.54) is 11.3 Å². The summed E-state index contributed by atoms with van der Waals surface area (Å²) in [5, 5.41) is 0. The molecule has 0 N–H and O–H groups in total.